The maximum atomic E-state index is 12.0. The predicted octanol–water partition coefficient (Wildman–Crippen LogP) is 3.71. The number of nitrogens with one attached hydrogen (secondary N) is 1. The second-order valence-electron chi connectivity index (χ2n) is 5.47. The third kappa shape index (κ3) is 5.74. The molecule has 1 atom stereocenters. The molecule has 1 unspecified atom stereocenters. The smallest absolute Gasteiger partial charge is 0.224 e. The Morgan fingerprint density at radius 2 is 2.11 bits per heavy atom. The molecule has 0 aliphatic rings. The average molecular weight is 327 g/mol. The van der Waals surface area contributed by atoms with E-state index >= 15 is 0 Å². The van der Waals surface area contributed by atoms with Crippen molar-refractivity contribution in [3.8, 4) is 0 Å². The van der Waals surface area contributed by atoms with Crippen molar-refractivity contribution in [1.82, 2.24) is 0 Å². The molecule has 0 saturated heterocycles. The van der Waals surface area contributed by atoms with Gasteiger partial charge in [0, 0.05) is 10.9 Å². The highest BCUT2D eigenvalue weighted by Crippen LogP contribution is 2.24. The van der Waals surface area contributed by atoms with Crippen LogP contribution >= 0.6 is 15.9 Å². The largest absolute Gasteiger partial charge is 0.330 e. The molecular formula is C15H23BrN2O. The summed E-state index contributed by atoms with van der Waals surface area (Å²) in [5.74, 6) is 0.845. The monoisotopic (exact) mass is 326 g/mol. The summed E-state index contributed by atoms with van der Waals surface area (Å²) in [5, 5.41) is 2.93. The van der Waals surface area contributed by atoms with Crippen LogP contribution in [0, 0.1) is 18.8 Å². The van der Waals surface area contributed by atoms with Crippen LogP contribution in [0.15, 0.2) is 22.7 Å². The van der Waals surface area contributed by atoms with Crippen LogP contribution in [0.2, 0.25) is 0 Å². The summed E-state index contributed by atoms with van der Waals surface area (Å²) in [4.78, 5) is 12.0. The molecule has 1 aromatic rings. The molecule has 1 aromatic carbocycles. The van der Waals surface area contributed by atoms with E-state index in [-0.39, 0.29) is 11.8 Å². The van der Waals surface area contributed by atoms with Gasteiger partial charge in [0.05, 0.1) is 5.69 Å². The SMILES string of the molecule is Cc1ccc(NC(=O)CC(CN)CC(C)C)c(Br)c1. The van der Waals surface area contributed by atoms with Crippen molar-refractivity contribution in [2.45, 2.75) is 33.6 Å². The molecule has 0 saturated carbocycles. The van der Waals surface area contributed by atoms with Gasteiger partial charge in [0.2, 0.25) is 5.91 Å². The number of anilines is 1. The Morgan fingerprint density at radius 1 is 1.42 bits per heavy atom. The standard InChI is InChI=1S/C15H23BrN2O/c1-10(2)6-12(9-17)8-15(19)18-14-5-4-11(3)7-13(14)16/h4-5,7,10,12H,6,8-9,17H2,1-3H3,(H,18,19). The Kier molecular flexibility index (Phi) is 6.52. The lowest BCUT2D eigenvalue weighted by molar-refractivity contribution is -0.117. The van der Waals surface area contributed by atoms with Crippen LogP contribution in [-0.2, 0) is 4.79 Å². The lowest BCUT2D eigenvalue weighted by atomic mass is 9.94. The summed E-state index contributed by atoms with van der Waals surface area (Å²) < 4.78 is 0.911. The van der Waals surface area contributed by atoms with E-state index in [9.17, 15) is 4.79 Å². The van der Waals surface area contributed by atoms with Gasteiger partial charge in [0.1, 0.15) is 0 Å². The second kappa shape index (κ2) is 7.65. The van der Waals surface area contributed by atoms with Crippen LogP contribution < -0.4 is 11.1 Å². The first-order valence-electron chi connectivity index (χ1n) is 6.68. The minimum absolute atomic E-state index is 0.0284. The molecule has 0 radical (unpaired) electrons. The third-order valence-electron chi connectivity index (χ3n) is 3.01. The molecule has 0 aliphatic heterocycles. The molecule has 106 valence electrons. The maximum Gasteiger partial charge on any atom is 0.224 e. The zero-order valence-electron chi connectivity index (χ0n) is 11.9. The number of hydrogen-bond donors (Lipinski definition) is 2. The second-order valence-corrected chi connectivity index (χ2v) is 6.32. The zero-order valence-corrected chi connectivity index (χ0v) is 13.5. The van der Waals surface area contributed by atoms with Gasteiger partial charge in [-0.15, -0.1) is 0 Å². The highest BCUT2D eigenvalue weighted by atomic mass is 79.9. The predicted molar refractivity (Wildman–Crippen MR) is 84.1 cm³/mol. The van der Waals surface area contributed by atoms with Crippen molar-refractivity contribution >= 4 is 27.5 Å². The molecule has 0 aliphatic carbocycles. The molecule has 1 amide bonds. The summed E-state index contributed by atoms with van der Waals surface area (Å²) >= 11 is 3.46. The van der Waals surface area contributed by atoms with Crippen molar-refractivity contribution in [1.29, 1.82) is 0 Å². The molecular weight excluding hydrogens is 304 g/mol. The van der Waals surface area contributed by atoms with E-state index in [1.807, 2.05) is 25.1 Å². The van der Waals surface area contributed by atoms with Crippen LogP contribution in [0.3, 0.4) is 0 Å². The van der Waals surface area contributed by atoms with Gasteiger partial charge in [-0.25, -0.2) is 0 Å². The normalized spacial score (nSPS) is 12.5. The van der Waals surface area contributed by atoms with Gasteiger partial charge < -0.3 is 11.1 Å². The minimum atomic E-state index is 0.0284. The molecule has 1 rings (SSSR count). The molecule has 19 heavy (non-hydrogen) atoms. The van der Waals surface area contributed by atoms with E-state index in [0.717, 1.165) is 22.1 Å². The van der Waals surface area contributed by atoms with E-state index in [1.54, 1.807) is 0 Å². The van der Waals surface area contributed by atoms with E-state index in [0.29, 0.717) is 18.9 Å². The Labute approximate surface area is 124 Å². The van der Waals surface area contributed by atoms with Crippen molar-refractivity contribution < 1.29 is 4.79 Å². The first-order chi connectivity index (χ1) is 8.92. The van der Waals surface area contributed by atoms with Gasteiger partial charge >= 0.3 is 0 Å². The van der Waals surface area contributed by atoms with Gasteiger partial charge in [-0.2, -0.15) is 0 Å². The number of hydrogen-bond acceptors (Lipinski definition) is 2. The lowest BCUT2D eigenvalue weighted by Gasteiger charge is -2.17. The maximum absolute atomic E-state index is 12.0. The minimum Gasteiger partial charge on any atom is -0.330 e. The number of carbonyl (C=O) groups is 1. The van der Waals surface area contributed by atoms with Crippen LogP contribution in [-0.4, -0.2) is 12.5 Å². The fourth-order valence-electron chi connectivity index (χ4n) is 2.11. The lowest BCUT2D eigenvalue weighted by Crippen LogP contribution is -2.23. The number of aryl methyl sites for hydroxylation is 1. The van der Waals surface area contributed by atoms with Crippen molar-refractivity contribution in [2.75, 3.05) is 11.9 Å². The quantitative estimate of drug-likeness (QED) is 0.837. The Bertz CT molecular complexity index is 432. The molecule has 3 nitrogen and oxygen atoms in total. The Morgan fingerprint density at radius 3 is 2.63 bits per heavy atom. The van der Waals surface area contributed by atoms with Crippen molar-refractivity contribution in [2.24, 2.45) is 17.6 Å². The number of halogens is 1. The van der Waals surface area contributed by atoms with E-state index in [2.05, 4.69) is 35.1 Å². The highest BCUT2D eigenvalue weighted by Gasteiger charge is 2.14. The van der Waals surface area contributed by atoms with E-state index in [4.69, 9.17) is 5.73 Å². The summed E-state index contributed by atoms with van der Waals surface area (Å²) in [7, 11) is 0. The first kappa shape index (κ1) is 16.2. The highest BCUT2D eigenvalue weighted by molar-refractivity contribution is 9.10. The zero-order chi connectivity index (χ0) is 14.4. The number of rotatable bonds is 6. The van der Waals surface area contributed by atoms with Gasteiger partial charge in [-0.1, -0.05) is 19.9 Å². The van der Waals surface area contributed by atoms with E-state index in [1.165, 1.54) is 0 Å². The fourth-order valence-corrected chi connectivity index (χ4v) is 2.71. The molecule has 0 aromatic heterocycles. The molecule has 0 spiro atoms. The molecule has 0 heterocycles. The Balaban J connectivity index is 2.59. The van der Waals surface area contributed by atoms with Gasteiger partial charge in [-0.05, 0) is 65.4 Å². The van der Waals surface area contributed by atoms with Gasteiger partial charge in [0.25, 0.3) is 0 Å². The average Bonchev–Trinajstić information content (AvgIpc) is 2.31. The molecule has 3 N–H and O–H groups in total. The third-order valence-corrected chi connectivity index (χ3v) is 3.67. The fraction of sp³-hybridized carbons (Fsp3) is 0.533. The van der Waals surface area contributed by atoms with Crippen LogP contribution in [0.4, 0.5) is 5.69 Å². The van der Waals surface area contributed by atoms with E-state index < -0.39 is 0 Å². The van der Waals surface area contributed by atoms with Crippen LogP contribution in [0.1, 0.15) is 32.3 Å². The topological polar surface area (TPSA) is 55.1 Å². The van der Waals surface area contributed by atoms with Crippen molar-refractivity contribution in [3.63, 3.8) is 0 Å². The van der Waals surface area contributed by atoms with Crippen LogP contribution in [0.25, 0.3) is 0 Å². The summed E-state index contributed by atoms with van der Waals surface area (Å²) in [6.07, 6.45) is 1.47. The summed E-state index contributed by atoms with van der Waals surface area (Å²) in [5.41, 5.74) is 7.70. The molecule has 0 fully saturated rings. The molecule has 4 heteroatoms. The summed E-state index contributed by atoms with van der Waals surface area (Å²) in [6, 6.07) is 5.89. The van der Waals surface area contributed by atoms with Gasteiger partial charge in [0.15, 0.2) is 0 Å². The number of benzene rings is 1. The number of nitrogens with two attached hydrogens (primary N) is 1. The van der Waals surface area contributed by atoms with Crippen LogP contribution in [0.5, 0.6) is 0 Å². The molecule has 0 bridgehead atoms. The first-order valence-corrected chi connectivity index (χ1v) is 7.47. The van der Waals surface area contributed by atoms with Crippen molar-refractivity contribution in [3.05, 3.63) is 28.2 Å². The Hall–Kier alpha value is -0.870. The summed E-state index contributed by atoms with van der Waals surface area (Å²) in [6.45, 7) is 6.87. The van der Waals surface area contributed by atoms with Gasteiger partial charge in [-0.3, -0.25) is 4.79 Å². The number of carbonyl (C=O) groups excluding carboxylic acids is 1. The number of amides is 1.